The van der Waals surface area contributed by atoms with E-state index in [-0.39, 0.29) is 21.4 Å². The third-order valence-corrected chi connectivity index (χ3v) is 0.603. The lowest BCUT2D eigenvalue weighted by Gasteiger charge is -2.23. The van der Waals surface area contributed by atoms with Crippen molar-refractivity contribution < 1.29 is 14.4 Å². The molecular weight excluding hydrogens is 130 g/mol. The van der Waals surface area contributed by atoms with Gasteiger partial charge in [0.2, 0.25) is 0 Å². The third-order valence-electron chi connectivity index (χ3n) is 0.603. The first-order valence-corrected chi connectivity index (χ1v) is 2.42. The minimum absolute atomic E-state index is 0. The molecule has 0 spiro atoms. The van der Waals surface area contributed by atoms with Gasteiger partial charge in [0.25, 0.3) is 0 Å². The van der Waals surface area contributed by atoms with E-state index in [0.717, 1.165) is 0 Å². The van der Waals surface area contributed by atoms with E-state index in [1.807, 2.05) is 0 Å². The predicted molar refractivity (Wildman–Crippen MR) is 41.4 cm³/mol. The smallest absolute Gasteiger partial charge is 0.118 e. The van der Waals surface area contributed by atoms with E-state index in [9.17, 15) is 9.90 Å². The van der Waals surface area contributed by atoms with Crippen LogP contribution in [0.1, 0.15) is 14.9 Å². The summed E-state index contributed by atoms with van der Waals surface area (Å²) in [4.78, 5) is 9.89. The second-order valence-electron chi connectivity index (χ2n) is 2.82. The van der Waals surface area contributed by atoms with Gasteiger partial charge in [0.15, 0.2) is 0 Å². The lowest BCUT2D eigenvalue weighted by atomic mass is 10.5. The molecule has 0 rings (SSSR count). The molecule has 64 valence electrons. The van der Waals surface area contributed by atoms with E-state index < -0.39 is 5.97 Å². The quantitative estimate of drug-likeness (QED) is 0.506. The Morgan fingerprint density at radius 3 is 1.60 bits per heavy atom. The Hall–Kier alpha value is -0.570. The standard InChI is InChI=1S/C5H11NO2.2CH4/c1-6(2,3)4-5(7)8;;/h4H2,1-3H3;2*1H4. The maximum atomic E-state index is 9.89. The van der Waals surface area contributed by atoms with Gasteiger partial charge in [-0.15, -0.1) is 0 Å². The van der Waals surface area contributed by atoms with Crippen LogP contribution in [-0.4, -0.2) is 38.1 Å². The van der Waals surface area contributed by atoms with E-state index in [1.54, 1.807) is 21.1 Å². The number of carboxylic acid groups (broad SMARTS) is 1. The van der Waals surface area contributed by atoms with Gasteiger partial charge in [0.1, 0.15) is 6.54 Å². The maximum absolute atomic E-state index is 9.89. The van der Waals surface area contributed by atoms with Crippen LogP contribution in [0.25, 0.3) is 0 Å². The van der Waals surface area contributed by atoms with Crippen molar-refractivity contribution in [3.05, 3.63) is 0 Å². The van der Waals surface area contributed by atoms with Crippen molar-refractivity contribution in [2.24, 2.45) is 0 Å². The largest absolute Gasteiger partial charge is 0.544 e. The molecule has 0 saturated heterocycles. The average molecular weight is 149 g/mol. The minimum atomic E-state index is -1.00. The van der Waals surface area contributed by atoms with Gasteiger partial charge in [0.05, 0.1) is 27.1 Å². The molecule has 0 heterocycles. The summed E-state index contributed by atoms with van der Waals surface area (Å²) >= 11 is 0. The van der Waals surface area contributed by atoms with E-state index in [4.69, 9.17) is 0 Å². The molecule has 0 aliphatic rings. The number of nitrogens with zero attached hydrogens (tertiary/aromatic N) is 1. The normalized spacial score (nSPS) is 9.10. The number of aliphatic carboxylic acids is 1. The molecule has 0 aromatic rings. The van der Waals surface area contributed by atoms with Crippen LogP contribution in [0.5, 0.6) is 0 Å². The number of rotatable bonds is 2. The van der Waals surface area contributed by atoms with Crippen LogP contribution in [-0.2, 0) is 4.79 Å². The van der Waals surface area contributed by atoms with Crippen molar-refractivity contribution in [2.45, 2.75) is 14.9 Å². The van der Waals surface area contributed by atoms with Crippen LogP contribution in [0.15, 0.2) is 0 Å². The van der Waals surface area contributed by atoms with Crippen LogP contribution in [0.3, 0.4) is 0 Å². The van der Waals surface area contributed by atoms with Gasteiger partial charge in [-0.2, -0.15) is 0 Å². The summed E-state index contributed by atoms with van der Waals surface area (Å²) in [5, 5.41) is 9.89. The van der Waals surface area contributed by atoms with Gasteiger partial charge < -0.3 is 14.4 Å². The zero-order chi connectivity index (χ0) is 6.78. The summed E-state index contributed by atoms with van der Waals surface area (Å²) in [7, 11) is 5.40. The highest BCUT2D eigenvalue weighted by atomic mass is 16.4. The minimum Gasteiger partial charge on any atom is -0.544 e. The number of carbonyl (C=O) groups excluding carboxylic acids is 1. The van der Waals surface area contributed by atoms with E-state index in [1.165, 1.54) is 0 Å². The SMILES string of the molecule is C.C.C[N+](C)(C)CC(=O)[O-]. The van der Waals surface area contributed by atoms with Gasteiger partial charge in [-0.1, -0.05) is 14.9 Å². The van der Waals surface area contributed by atoms with E-state index in [0.29, 0.717) is 4.48 Å². The fraction of sp³-hybridized carbons (Fsp3) is 0.857. The molecule has 0 N–H and O–H groups in total. The van der Waals surface area contributed by atoms with Gasteiger partial charge in [-0.3, -0.25) is 0 Å². The molecule has 0 amide bonds. The molecule has 3 nitrogen and oxygen atoms in total. The first-order valence-electron chi connectivity index (χ1n) is 2.42. The highest BCUT2D eigenvalue weighted by molar-refractivity contribution is 5.65. The molecule has 10 heavy (non-hydrogen) atoms. The summed E-state index contributed by atoms with van der Waals surface area (Å²) < 4.78 is 0.419. The van der Waals surface area contributed by atoms with E-state index >= 15 is 0 Å². The molecule has 0 aromatic heterocycles. The number of likely N-dealkylation sites (N-methyl/N-ethyl adjacent to an activating group) is 1. The number of hydrogen-bond donors (Lipinski definition) is 0. The monoisotopic (exact) mass is 149 g/mol. The van der Waals surface area contributed by atoms with Crippen LogP contribution < -0.4 is 5.11 Å². The van der Waals surface area contributed by atoms with Crippen LogP contribution in [0, 0.1) is 0 Å². The second kappa shape index (κ2) is 5.23. The zero-order valence-electron chi connectivity index (χ0n) is 5.47. The molecule has 0 radical (unpaired) electrons. The van der Waals surface area contributed by atoms with Gasteiger partial charge in [0, 0.05) is 0 Å². The molecule has 0 saturated carbocycles. The Morgan fingerprint density at radius 1 is 1.30 bits per heavy atom. The molecular formula is C7H19NO2. The molecule has 0 bridgehead atoms. The number of quaternary nitrogens is 1. The first-order chi connectivity index (χ1) is 3.42. The Kier molecular flexibility index (Phi) is 8.48. The summed E-state index contributed by atoms with van der Waals surface area (Å²) in [6.45, 7) is 0.0694. The number of hydrogen-bond acceptors (Lipinski definition) is 2. The lowest BCUT2D eigenvalue weighted by molar-refractivity contribution is -0.864. The highest BCUT2D eigenvalue weighted by Gasteiger charge is 2.04. The summed E-state index contributed by atoms with van der Waals surface area (Å²) in [6.07, 6.45) is 0. The van der Waals surface area contributed by atoms with Crippen LogP contribution in [0.2, 0.25) is 0 Å². The third kappa shape index (κ3) is 15.7. The molecule has 0 aliphatic carbocycles. The molecule has 0 fully saturated rings. The maximum Gasteiger partial charge on any atom is 0.118 e. The van der Waals surface area contributed by atoms with Gasteiger partial charge >= 0.3 is 0 Å². The molecule has 0 aliphatic heterocycles. The van der Waals surface area contributed by atoms with Crippen molar-refractivity contribution in [2.75, 3.05) is 27.7 Å². The van der Waals surface area contributed by atoms with Crippen molar-refractivity contribution in [1.82, 2.24) is 0 Å². The van der Waals surface area contributed by atoms with Crippen molar-refractivity contribution in [3.8, 4) is 0 Å². The predicted octanol–water partition coefficient (Wildman–Crippen LogP) is -0.285. The van der Waals surface area contributed by atoms with Crippen LogP contribution in [0.4, 0.5) is 0 Å². The second-order valence-corrected chi connectivity index (χ2v) is 2.82. The summed E-state index contributed by atoms with van der Waals surface area (Å²) in [5.41, 5.74) is 0. The summed E-state index contributed by atoms with van der Waals surface area (Å²) in [5.74, 6) is -1.00. The fourth-order valence-electron chi connectivity index (χ4n) is 0.387. The Balaban J connectivity index is -0.000000245. The van der Waals surface area contributed by atoms with Crippen molar-refractivity contribution in [3.63, 3.8) is 0 Å². The Labute approximate surface area is 63.9 Å². The molecule has 3 heteroatoms. The van der Waals surface area contributed by atoms with Gasteiger partial charge in [-0.25, -0.2) is 0 Å². The van der Waals surface area contributed by atoms with Crippen LogP contribution >= 0.6 is 0 Å². The molecule has 0 unspecified atom stereocenters. The highest BCUT2D eigenvalue weighted by Crippen LogP contribution is 1.84. The van der Waals surface area contributed by atoms with Gasteiger partial charge in [-0.05, 0) is 0 Å². The van der Waals surface area contributed by atoms with Crippen molar-refractivity contribution in [1.29, 1.82) is 0 Å². The number of carbonyl (C=O) groups is 1. The average Bonchev–Trinajstić information content (AvgIpc) is 1.21. The molecule has 0 atom stereocenters. The number of carboxylic acids is 1. The lowest BCUT2D eigenvalue weighted by Crippen LogP contribution is -2.45. The van der Waals surface area contributed by atoms with Crippen molar-refractivity contribution >= 4 is 5.97 Å². The van der Waals surface area contributed by atoms with E-state index in [2.05, 4.69) is 0 Å². The fourth-order valence-corrected chi connectivity index (χ4v) is 0.387. The Bertz CT molecular complexity index is 94.3. The molecule has 0 aromatic carbocycles. The first kappa shape index (κ1) is 16.2. The summed E-state index contributed by atoms with van der Waals surface area (Å²) in [6, 6.07) is 0. The Morgan fingerprint density at radius 2 is 1.60 bits per heavy atom. The topological polar surface area (TPSA) is 40.1 Å². The zero-order valence-corrected chi connectivity index (χ0v) is 5.47.